The van der Waals surface area contributed by atoms with Gasteiger partial charge in [-0.15, -0.1) is 11.8 Å². The van der Waals surface area contributed by atoms with Crippen molar-refractivity contribution >= 4 is 40.3 Å². The van der Waals surface area contributed by atoms with Crippen molar-refractivity contribution in [3.05, 3.63) is 28.7 Å². The van der Waals surface area contributed by atoms with E-state index in [0.29, 0.717) is 5.41 Å². The third-order valence-electron chi connectivity index (χ3n) is 3.86. The summed E-state index contributed by atoms with van der Waals surface area (Å²) in [5, 5.41) is 0. The maximum atomic E-state index is 4.64. The van der Waals surface area contributed by atoms with E-state index in [1.165, 1.54) is 49.2 Å². The van der Waals surface area contributed by atoms with Crippen LogP contribution in [-0.2, 0) is 0 Å². The summed E-state index contributed by atoms with van der Waals surface area (Å²) in [5.74, 6) is 2.26. The van der Waals surface area contributed by atoms with Gasteiger partial charge in [-0.1, -0.05) is 41.6 Å². The molecule has 0 radical (unpaired) electrons. The molecule has 0 heterocycles. The first-order valence-corrected chi connectivity index (χ1v) is 9.14. The zero-order valence-electron chi connectivity index (χ0n) is 10.7. The second kappa shape index (κ2) is 7.25. The molecule has 1 aromatic carbocycles. The van der Waals surface area contributed by atoms with Crippen LogP contribution in [0.5, 0.6) is 0 Å². The molecule has 0 aliphatic heterocycles. The van der Waals surface area contributed by atoms with E-state index in [1.54, 1.807) is 0 Å². The molecular weight excluding hydrogens is 324 g/mol. The first-order chi connectivity index (χ1) is 8.74. The van der Waals surface area contributed by atoms with Crippen molar-refractivity contribution in [2.24, 2.45) is 5.41 Å². The summed E-state index contributed by atoms with van der Waals surface area (Å²) in [6, 6.07) is 8.67. The molecule has 0 N–H and O–H groups in total. The first-order valence-electron chi connectivity index (χ1n) is 6.73. The van der Waals surface area contributed by atoms with Crippen LogP contribution in [0.1, 0.15) is 38.5 Å². The highest BCUT2D eigenvalue weighted by atomic mass is 79.9. The summed E-state index contributed by atoms with van der Waals surface area (Å²) in [4.78, 5) is 1.38. The molecule has 0 spiro atoms. The van der Waals surface area contributed by atoms with Gasteiger partial charge in [-0.2, -0.15) is 12.6 Å². The van der Waals surface area contributed by atoms with E-state index in [9.17, 15) is 0 Å². The third kappa shape index (κ3) is 4.21. The Morgan fingerprint density at radius 1 is 1.06 bits per heavy atom. The minimum Gasteiger partial charge on any atom is -0.179 e. The van der Waals surface area contributed by atoms with Crippen molar-refractivity contribution in [3.8, 4) is 0 Å². The predicted molar refractivity (Wildman–Crippen MR) is 88.9 cm³/mol. The maximum Gasteiger partial charge on any atom is 0.0176 e. The highest BCUT2D eigenvalue weighted by molar-refractivity contribution is 9.10. The van der Waals surface area contributed by atoms with Crippen molar-refractivity contribution in [1.82, 2.24) is 0 Å². The summed E-state index contributed by atoms with van der Waals surface area (Å²) in [5.41, 5.74) is 0.470. The lowest BCUT2D eigenvalue weighted by molar-refractivity contribution is 0.332. The van der Waals surface area contributed by atoms with E-state index in [0.717, 1.165) is 10.2 Å². The Hall–Kier alpha value is 0.400. The SMILES string of the molecule is SCC1(CSc2ccc(Br)cc2)CCCCCC1. The molecule has 2 rings (SSSR count). The van der Waals surface area contributed by atoms with Gasteiger partial charge in [-0.3, -0.25) is 0 Å². The summed E-state index contributed by atoms with van der Waals surface area (Å²) in [6.45, 7) is 0. The quantitative estimate of drug-likeness (QED) is 0.408. The summed E-state index contributed by atoms with van der Waals surface area (Å²) in [6.07, 6.45) is 8.33. The van der Waals surface area contributed by atoms with Gasteiger partial charge in [0.1, 0.15) is 0 Å². The molecule has 0 atom stereocenters. The van der Waals surface area contributed by atoms with E-state index in [4.69, 9.17) is 0 Å². The van der Waals surface area contributed by atoms with Crippen LogP contribution in [0.25, 0.3) is 0 Å². The van der Waals surface area contributed by atoms with E-state index in [-0.39, 0.29) is 0 Å². The van der Waals surface area contributed by atoms with Crippen LogP contribution in [0.2, 0.25) is 0 Å². The van der Waals surface area contributed by atoms with Gasteiger partial charge in [0.15, 0.2) is 0 Å². The van der Waals surface area contributed by atoms with Gasteiger partial charge in [0.25, 0.3) is 0 Å². The van der Waals surface area contributed by atoms with Gasteiger partial charge in [-0.25, -0.2) is 0 Å². The minimum atomic E-state index is 0.470. The molecule has 1 saturated carbocycles. The van der Waals surface area contributed by atoms with Crippen molar-refractivity contribution < 1.29 is 0 Å². The monoisotopic (exact) mass is 344 g/mol. The highest BCUT2D eigenvalue weighted by Gasteiger charge is 2.29. The van der Waals surface area contributed by atoms with Crippen LogP contribution < -0.4 is 0 Å². The lowest BCUT2D eigenvalue weighted by Crippen LogP contribution is -2.25. The molecule has 3 heteroatoms. The lowest BCUT2D eigenvalue weighted by Gasteiger charge is -2.30. The molecule has 18 heavy (non-hydrogen) atoms. The predicted octanol–water partition coefficient (Wildman–Crippen LogP) is 5.81. The summed E-state index contributed by atoms with van der Waals surface area (Å²) < 4.78 is 1.16. The number of thioether (sulfide) groups is 1. The van der Waals surface area contributed by atoms with E-state index in [2.05, 4.69) is 52.8 Å². The maximum absolute atomic E-state index is 4.64. The van der Waals surface area contributed by atoms with Crippen molar-refractivity contribution in [1.29, 1.82) is 0 Å². The fourth-order valence-electron chi connectivity index (χ4n) is 2.59. The Balaban J connectivity index is 1.95. The standard InChI is InChI=1S/C15H21BrS2/c16-13-5-7-14(8-6-13)18-12-15(11-17)9-3-1-2-4-10-15/h5-8,17H,1-4,9-12H2. The number of hydrogen-bond acceptors (Lipinski definition) is 2. The normalized spacial score (nSPS) is 19.4. The Labute approximate surface area is 129 Å². The topological polar surface area (TPSA) is 0 Å². The zero-order chi connectivity index (χ0) is 12.8. The number of halogens is 1. The van der Waals surface area contributed by atoms with Crippen molar-refractivity contribution in [3.63, 3.8) is 0 Å². The van der Waals surface area contributed by atoms with E-state index >= 15 is 0 Å². The molecule has 1 aliphatic rings. The van der Waals surface area contributed by atoms with Crippen LogP contribution in [0.15, 0.2) is 33.6 Å². The molecule has 100 valence electrons. The van der Waals surface area contributed by atoms with Crippen LogP contribution in [-0.4, -0.2) is 11.5 Å². The molecule has 0 unspecified atom stereocenters. The van der Waals surface area contributed by atoms with Crippen LogP contribution in [0.3, 0.4) is 0 Å². The van der Waals surface area contributed by atoms with Crippen molar-refractivity contribution in [2.45, 2.75) is 43.4 Å². The van der Waals surface area contributed by atoms with Crippen LogP contribution in [0.4, 0.5) is 0 Å². The second-order valence-electron chi connectivity index (χ2n) is 5.31. The van der Waals surface area contributed by atoms with Crippen molar-refractivity contribution in [2.75, 3.05) is 11.5 Å². The Kier molecular flexibility index (Phi) is 5.96. The molecule has 1 fully saturated rings. The molecule has 1 aromatic rings. The van der Waals surface area contributed by atoms with E-state index < -0.39 is 0 Å². The minimum absolute atomic E-state index is 0.470. The average Bonchev–Trinajstić information content (AvgIpc) is 2.64. The van der Waals surface area contributed by atoms with Crippen LogP contribution >= 0.6 is 40.3 Å². The molecule has 0 saturated heterocycles. The van der Waals surface area contributed by atoms with Gasteiger partial charge < -0.3 is 0 Å². The molecule has 0 amide bonds. The number of thiol groups is 1. The van der Waals surface area contributed by atoms with Gasteiger partial charge in [0.05, 0.1) is 0 Å². The Morgan fingerprint density at radius 2 is 1.67 bits per heavy atom. The molecule has 1 aliphatic carbocycles. The second-order valence-corrected chi connectivity index (χ2v) is 7.60. The summed E-state index contributed by atoms with van der Waals surface area (Å²) >= 11 is 10.1. The first kappa shape index (κ1) is 14.8. The van der Waals surface area contributed by atoms with Gasteiger partial charge in [0, 0.05) is 15.1 Å². The highest BCUT2D eigenvalue weighted by Crippen LogP contribution is 2.40. The smallest absolute Gasteiger partial charge is 0.0176 e. The van der Waals surface area contributed by atoms with E-state index in [1.807, 2.05) is 11.8 Å². The summed E-state index contributed by atoms with van der Waals surface area (Å²) in [7, 11) is 0. The fraction of sp³-hybridized carbons (Fsp3) is 0.600. The van der Waals surface area contributed by atoms with Gasteiger partial charge in [-0.05, 0) is 48.3 Å². The molecule has 0 bridgehead atoms. The molecular formula is C15H21BrS2. The third-order valence-corrected chi connectivity index (χ3v) is 6.42. The number of benzene rings is 1. The van der Waals surface area contributed by atoms with Crippen LogP contribution in [0, 0.1) is 5.41 Å². The Morgan fingerprint density at radius 3 is 2.22 bits per heavy atom. The number of rotatable bonds is 4. The Bertz CT molecular complexity index is 353. The average molecular weight is 345 g/mol. The molecule has 0 aromatic heterocycles. The molecule has 0 nitrogen and oxygen atoms in total. The lowest BCUT2D eigenvalue weighted by atomic mass is 9.84. The largest absolute Gasteiger partial charge is 0.179 e. The fourth-order valence-corrected chi connectivity index (χ4v) is 4.63. The zero-order valence-corrected chi connectivity index (χ0v) is 14.0. The van der Waals surface area contributed by atoms with Gasteiger partial charge >= 0.3 is 0 Å². The van der Waals surface area contributed by atoms with Gasteiger partial charge in [0.2, 0.25) is 0 Å². The number of hydrogen-bond donors (Lipinski definition) is 1.